The van der Waals surface area contributed by atoms with Crippen LogP contribution in [0.4, 0.5) is 0 Å². The van der Waals surface area contributed by atoms with Crippen molar-refractivity contribution in [1.29, 1.82) is 5.26 Å². The van der Waals surface area contributed by atoms with Gasteiger partial charge in [-0.3, -0.25) is 0 Å². The molecule has 3 nitrogen and oxygen atoms in total. The Morgan fingerprint density at radius 1 is 1.29 bits per heavy atom. The highest BCUT2D eigenvalue weighted by molar-refractivity contribution is 8.02. The molecule has 0 amide bonds. The van der Waals surface area contributed by atoms with Gasteiger partial charge in [-0.1, -0.05) is 41.3 Å². The first kappa shape index (κ1) is 14.8. The van der Waals surface area contributed by atoms with Gasteiger partial charge in [0.15, 0.2) is 8.68 Å². The van der Waals surface area contributed by atoms with E-state index in [-0.39, 0.29) is 5.41 Å². The second-order valence-corrected chi connectivity index (χ2v) is 7.71. The van der Waals surface area contributed by atoms with Crippen LogP contribution < -0.4 is 0 Å². The summed E-state index contributed by atoms with van der Waals surface area (Å²) < 4.78 is 2.08. The van der Waals surface area contributed by atoms with Crippen LogP contribution in [0.15, 0.2) is 8.68 Å². The molecule has 0 aliphatic carbocycles. The largest absolute Gasteiger partial charge is 0.198 e. The molecule has 1 rings (SSSR count). The number of rotatable bonds is 7. The molecule has 0 bridgehead atoms. The lowest BCUT2D eigenvalue weighted by molar-refractivity contribution is 0.433. The first-order valence-electron chi connectivity index (χ1n) is 5.49. The van der Waals surface area contributed by atoms with Crippen LogP contribution in [0.2, 0.25) is 0 Å². The zero-order valence-electron chi connectivity index (χ0n) is 10.4. The number of unbranched alkanes of at least 4 members (excludes halogenated alkanes) is 1. The first-order chi connectivity index (χ1) is 8.07. The van der Waals surface area contributed by atoms with E-state index < -0.39 is 0 Å². The lowest BCUT2D eigenvalue weighted by Crippen LogP contribution is -2.07. The Labute approximate surface area is 115 Å². The van der Waals surface area contributed by atoms with E-state index in [0.717, 1.165) is 33.7 Å². The van der Waals surface area contributed by atoms with Crippen LogP contribution in [0.1, 0.15) is 33.1 Å². The van der Waals surface area contributed by atoms with E-state index in [4.69, 9.17) is 5.26 Å². The maximum absolute atomic E-state index is 8.88. The fourth-order valence-corrected chi connectivity index (χ4v) is 3.73. The molecule has 0 aromatic carbocycles. The number of thioether (sulfide) groups is 2. The van der Waals surface area contributed by atoms with Crippen LogP contribution >= 0.6 is 34.9 Å². The van der Waals surface area contributed by atoms with Gasteiger partial charge >= 0.3 is 0 Å². The van der Waals surface area contributed by atoms with Crippen molar-refractivity contribution >= 4 is 34.9 Å². The molecule has 0 N–H and O–H groups in total. The van der Waals surface area contributed by atoms with Gasteiger partial charge in [0.2, 0.25) is 0 Å². The van der Waals surface area contributed by atoms with Crippen molar-refractivity contribution in [3.8, 4) is 6.07 Å². The number of hydrogen-bond donors (Lipinski definition) is 0. The zero-order chi connectivity index (χ0) is 12.7. The van der Waals surface area contributed by atoms with Gasteiger partial charge in [-0.25, -0.2) is 0 Å². The number of nitrogens with zero attached hydrogens (tertiary/aromatic N) is 3. The maximum Gasteiger partial charge on any atom is 0.175 e. The van der Waals surface area contributed by atoms with E-state index in [9.17, 15) is 0 Å². The molecular formula is C11H17N3S3. The van der Waals surface area contributed by atoms with E-state index in [1.54, 1.807) is 34.9 Å². The Bertz CT molecular complexity index is 382. The molecule has 0 atom stereocenters. The summed E-state index contributed by atoms with van der Waals surface area (Å²) in [4.78, 5) is 0. The third-order valence-corrected chi connectivity index (χ3v) is 5.41. The van der Waals surface area contributed by atoms with Crippen molar-refractivity contribution in [3.63, 3.8) is 0 Å². The number of aromatic nitrogens is 2. The van der Waals surface area contributed by atoms with E-state index in [1.165, 1.54) is 0 Å². The molecule has 6 heteroatoms. The lowest BCUT2D eigenvalue weighted by Gasteiger charge is -2.13. The van der Waals surface area contributed by atoms with E-state index in [1.807, 2.05) is 20.1 Å². The molecule has 0 radical (unpaired) electrons. The molecule has 0 saturated heterocycles. The zero-order valence-corrected chi connectivity index (χ0v) is 12.8. The van der Waals surface area contributed by atoms with Crippen LogP contribution in [0, 0.1) is 16.7 Å². The lowest BCUT2D eigenvalue weighted by atomic mass is 9.89. The minimum absolute atomic E-state index is 0.181. The molecule has 1 heterocycles. The van der Waals surface area contributed by atoms with Crippen LogP contribution in [-0.2, 0) is 0 Å². The maximum atomic E-state index is 8.88. The monoisotopic (exact) mass is 287 g/mol. The minimum atomic E-state index is -0.181. The predicted molar refractivity (Wildman–Crippen MR) is 75.7 cm³/mol. The van der Waals surface area contributed by atoms with Crippen molar-refractivity contribution in [2.45, 2.75) is 41.8 Å². The Balaban J connectivity index is 2.15. The van der Waals surface area contributed by atoms with Gasteiger partial charge < -0.3 is 0 Å². The van der Waals surface area contributed by atoms with Gasteiger partial charge in [0.1, 0.15) is 0 Å². The van der Waals surface area contributed by atoms with Crippen LogP contribution in [0.5, 0.6) is 0 Å². The average Bonchev–Trinajstić information content (AvgIpc) is 2.76. The quantitative estimate of drug-likeness (QED) is 0.559. The molecule has 0 aliphatic heterocycles. The Kier molecular flexibility index (Phi) is 6.31. The van der Waals surface area contributed by atoms with Crippen molar-refractivity contribution in [1.82, 2.24) is 10.2 Å². The van der Waals surface area contributed by atoms with Crippen LogP contribution in [0.25, 0.3) is 0 Å². The molecule has 1 aromatic heterocycles. The molecule has 17 heavy (non-hydrogen) atoms. The molecule has 0 spiro atoms. The number of hydrogen-bond acceptors (Lipinski definition) is 6. The SMILES string of the molecule is CSc1nnc(SCCCCC(C)(C)C#N)s1. The highest BCUT2D eigenvalue weighted by Crippen LogP contribution is 2.28. The first-order valence-corrected chi connectivity index (χ1v) is 8.51. The summed E-state index contributed by atoms with van der Waals surface area (Å²) in [5.74, 6) is 1.06. The topological polar surface area (TPSA) is 49.6 Å². The standard InChI is InChI=1S/C11H17N3S3/c1-11(2,8-12)6-4-5-7-16-10-14-13-9(15-3)17-10/h4-7H2,1-3H3. The summed E-state index contributed by atoms with van der Waals surface area (Å²) in [6.07, 6.45) is 5.21. The highest BCUT2D eigenvalue weighted by Gasteiger charge is 2.15. The Hall–Kier alpha value is -0.250. The molecule has 0 saturated carbocycles. The third-order valence-electron chi connectivity index (χ3n) is 2.29. The molecule has 0 aliphatic rings. The van der Waals surface area contributed by atoms with E-state index in [2.05, 4.69) is 16.3 Å². The average molecular weight is 287 g/mol. The summed E-state index contributed by atoms with van der Waals surface area (Å²) in [5.41, 5.74) is -0.181. The van der Waals surface area contributed by atoms with Crippen molar-refractivity contribution in [3.05, 3.63) is 0 Å². The second-order valence-electron chi connectivity index (χ2n) is 4.34. The Morgan fingerprint density at radius 2 is 2.00 bits per heavy atom. The van der Waals surface area contributed by atoms with Gasteiger partial charge in [-0.15, -0.1) is 10.2 Å². The van der Waals surface area contributed by atoms with E-state index in [0.29, 0.717) is 0 Å². The van der Waals surface area contributed by atoms with Crippen LogP contribution in [-0.4, -0.2) is 22.2 Å². The van der Waals surface area contributed by atoms with Gasteiger partial charge in [-0.2, -0.15) is 5.26 Å². The molecule has 0 unspecified atom stereocenters. The van der Waals surface area contributed by atoms with Crippen molar-refractivity contribution < 1.29 is 0 Å². The van der Waals surface area contributed by atoms with E-state index >= 15 is 0 Å². The van der Waals surface area contributed by atoms with Crippen molar-refractivity contribution in [2.24, 2.45) is 5.41 Å². The highest BCUT2D eigenvalue weighted by atomic mass is 32.2. The van der Waals surface area contributed by atoms with Crippen LogP contribution in [0.3, 0.4) is 0 Å². The van der Waals surface area contributed by atoms with Gasteiger partial charge in [0.25, 0.3) is 0 Å². The Morgan fingerprint density at radius 3 is 2.59 bits per heavy atom. The summed E-state index contributed by atoms with van der Waals surface area (Å²) in [6, 6.07) is 2.33. The van der Waals surface area contributed by atoms with Crippen molar-refractivity contribution in [2.75, 3.05) is 12.0 Å². The normalized spacial score (nSPS) is 11.4. The smallest absolute Gasteiger partial charge is 0.175 e. The fourth-order valence-electron chi connectivity index (χ4n) is 1.22. The summed E-state index contributed by atoms with van der Waals surface area (Å²) in [6.45, 7) is 3.99. The second kappa shape index (κ2) is 7.24. The molecular weight excluding hydrogens is 270 g/mol. The fraction of sp³-hybridized carbons (Fsp3) is 0.727. The predicted octanol–water partition coefficient (Wildman–Crippen LogP) is 4.07. The summed E-state index contributed by atoms with van der Waals surface area (Å²) >= 11 is 5.05. The third kappa shape index (κ3) is 5.75. The van der Waals surface area contributed by atoms with Gasteiger partial charge in [0, 0.05) is 5.75 Å². The minimum Gasteiger partial charge on any atom is -0.198 e. The molecule has 94 valence electrons. The van der Waals surface area contributed by atoms with Gasteiger partial charge in [-0.05, 0) is 32.9 Å². The van der Waals surface area contributed by atoms with Gasteiger partial charge in [0.05, 0.1) is 11.5 Å². The number of nitriles is 1. The summed E-state index contributed by atoms with van der Waals surface area (Å²) in [7, 11) is 0. The molecule has 1 aromatic rings. The molecule has 0 fully saturated rings. The summed E-state index contributed by atoms with van der Waals surface area (Å²) in [5, 5.41) is 17.0.